The SMILES string of the molecule is C=C(C)C(=O)N(C)C.C=CC(=O)N(C)C.CC(=CC(C)C)C(N)=O. The van der Waals surface area contributed by atoms with E-state index in [1.54, 1.807) is 42.0 Å². The molecule has 0 fully saturated rings. The van der Waals surface area contributed by atoms with Crippen molar-refractivity contribution in [1.29, 1.82) is 0 Å². The van der Waals surface area contributed by atoms with Crippen LogP contribution in [0.4, 0.5) is 0 Å². The number of rotatable bonds is 4. The second-order valence-electron chi connectivity index (χ2n) is 5.87. The maximum atomic E-state index is 10.7. The molecule has 0 aromatic carbocycles. The van der Waals surface area contributed by atoms with Gasteiger partial charge in [0.15, 0.2) is 0 Å². The maximum Gasteiger partial charge on any atom is 0.248 e. The Bertz CT molecular complexity index is 476. The first-order valence-corrected chi connectivity index (χ1v) is 7.46. The normalized spacial score (nSPS) is 9.62. The molecule has 0 spiro atoms. The third-order valence-electron chi connectivity index (χ3n) is 2.36. The average Bonchev–Trinajstić information content (AvgIpc) is 2.45. The largest absolute Gasteiger partial charge is 0.366 e. The number of primary amides is 1. The summed E-state index contributed by atoms with van der Waals surface area (Å²) >= 11 is 0. The van der Waals surface area contributed by atoms with Crippen molar-refractivity contribution in [1.82, 2.24) is 9.80 Å². The second kappa shape index (κ2) is 14.2. The molecule has 138 valence electrons. The highest BCUT2D eigenvalue weighted by Crippen LogP contribution is 1.99. The Morgan fingerprint density at radius 1 is 1.00 bits per heavy atom. The highest BCUT2D eigenvalue weighted by molar-refractivity contribution is 5.91. The number of carbonyl (C=O) groups is 3. The van der Waals surface area contributed by atoms with Crippen molar-refractivity contribution in [3.05, 3.63) is 36.5 Å². The first-order valence-electron chi connectivity index (χ1n) is 7.46. The summed E-state index contributed by atoms with van der Waals surface area (Å²) in [7, 11) is 6.78. The van der Waals surface area contributed by atoms with Gasteiger partial charge in [-0.05, 0) is 25.8 Å². The minimum absolute atomic E-state index is 0.00926. The Morgan fingerprint density at radius 2 is 1.42 bits per heavy atom. The van der Waals surface area contributed by atoms with E-state index in [9.17, 15) is 14.4 Å². The van der Waals surface area contributed by atoms with Crippen molar-refractivity contribution in [3.8, 4) is 0 Å². The van der Waals surface area contributed by atoms with Crippen molar-refractivity contribution in [2.45, 2.75) is 27.7 Å². The molecular formula is C18H33N3O3. The Morgan fingerprint density at radius 3 is 1.46 bits per heavy atom. The Balaban J connectivity index is -0.000000278. The van der Waals surface area contributed by atoms with Crippen LogP contribution in [0.25, 0.3) is 0 Å². The van der Waals surface area contributed by atoms with Gasteiger partial charge in [-0.15, -0.1) is 0 Å². The number of nitrogens with zero attached hydrogens (tertiary/aromatic N) is 2. The second-order valence-corrected chi connectivity index (χ2v) is 5.87. The standard InChI is InChI=1S/C7H13NO.C6H11NO.C5H9NO/c1-5(2)4-6(3)7(8)9;1-5(2)6(8)7(3)4;1-4-5(7)6(2)3/h4-5H,1-3H3,(H2,8,9);1H2,2-4H3;4H,1H2,2-3H3. The Hall–Kier alpha value is -2.37. The van der Waals surface area contributed by atoms with Gasteiger partial charge in [0.2, 0.25) is 17.7 Å². The molecule has 0 saturated carbocycles. The fraction of sp³-hybridized carbons (Fsp3) is 0.500. The molecule has 0 bridgehead atoms. The van der Waals surface area contributed by atoms with Crippen LogP contribution in [0.1, 0.15) is 27.7 Å². The summed E-state index contributed by atoms with van der Waals surface area (Å²) in [5.41, 5.74) is 6.20. The van der Waals surface area contributed by atoms with Gasteiger partial charge in [0, 0.05) is 39.3 Å². The monoisotopic (exact) mass is 339 g/mol. The van der Waals surface area contributed by atoms with E-state index in [1.165, 1.54) is 15.9 Å². The van der Waals surface area contributed by atoms with E-state index >= 15 is 0 Å². The molecule has 0 aliphatic rings. The molecule has 0 rings (SSSR count). The summed E-state index contributed by atoms with van der Waals surface area (Å²) in [5, 5.41) is 0. The third-order valence-corrected chi connectivity index (χ3v) is 2.36. The molecule has 0 aromatic heterocycles. The van der Waals surface area contributed by atoms with Gasteiger partial charge in [-0.3, -0.25) is 14.4 Å². The van der Waals surface area contributed by atoms with Crippen molar-refractivity contribution in [3.63, 3.8) is 0 Å². The molecule has 24 heavy (non-hydrogen) atoms. The highest BCUT2D eigenvalue weighted by atomic mass is 16.2. The van der Waals surface area contributed by atoms with E-state index in [0.29, 0.717) is 17.1 Å². The number of carbonyl (C=O) groups excluding carboxylic acids is 3. The molecule has 3 amide bonds. The zero-order valence-electron chi connectivity index (χ0n) is 16.3. The lowest BCUT2D eigenvalue weighted by Gasteiger charge is -2.07. The predicted octanol–water partition coefficient (Wildman–Crippen LogP) is 1.99. The average molecular weight is 339 g/mol. The molecule has 0 radical (unpaired) electrons. The summed E-state index contributed by atoms with van der Waals surface area (Å²) in [6, 6.07) is 0. The summed E-state index contributed by atoms with van der Waals surface area (Å²) in [6.45, 7) is 14.2. The molecular weight excluding hydrogens is 306 g/mol. The van der Waals surface area contributed by atoms with Crippen LogP contribution in [0.15, 0.2) is 36.5 Å². The summed E-state index contributed by atoms with van der Waals surface area (Å²) in [4.78, 5) is 34.3. The molecule has 2 N–H and O–H groups in total. The summed E-state index contributed by atoms with van der Waals surface area (Å²) < 4.78 is 0. The minimum Gasteiger partial charge on any atom is -0.366 e. The van der Waals surface area contributed by atoms with Gasteiger partial charge in [-0.2, -0.15) is 0 Å². The van der Waals surface area contributed by atoms with E-state index in [0.717, 1.165) is 0 Å². The van der Waals surface area contributed by atoms with Crippen LogP contribution in [-0.4, -0.2) is 55.7 Å². The molecule has 0 unspecified atom stereocenters. The molecule has 0 aliphatic carbocycles. The number of hydrogen-bond donors (Lipinski definition) is 1. The van der Waals surface area contributed by atoms with Crippen molar-refractivity contribution in [2.24, 2.45) is 11.7 Å². The molecule has 0 heterocycles. The predicted molar refractivity (Wildman–Crippen MR) is 100 cm³/mol. The Labute approximate surface area is 146 Å². The molecule has 6 nitrogen and oxygen atoms in total. The Kier molecular flexibility index (Phi) is 15.7. The lowest BCUT2D eigenvalue weighted by atomic mass is 10.1. The number of likely N-dealkylation sites (N-methyl/N-ethyl adjacent to an activating group) is 2. The first-order chi connectivity index (χ1) is 10.8. The van der Waals surface area contributed by atoms with Gasteiger partial charge in [0.25, 0.3) is 0 Å². The van der Waals surface area contributed by atoms with E-state index in [4.69, 9.17) is 5.73 Å². The van der Waals surface area contributed by atoms with E-state index in [-0.39, 0.29) is 17.7 Å². The van der Waals surface area contributed by atoms with Gasteiger partial charge in [-0.1, -0.05) is 33.1 Å². The fourth-order valence-electron chi connectivity index (χ4n) is 1.15. The van der Waals surface area contributed by atoms with Crippen molar-refractivity contribution in [2.75, 3.05) is 28.2 Å². The van der Waals surface area contributed by atoms with Gasteiger partial charge < -0.3 is 15.5 Å². The van der Waals surface area contributed by atoms with Crippen molar-refractivity contribution >= 4 is 17.7 Å². The number of allylic oxidation sites excluding steroid dienone is 1. The number of amides is 3. The quantitative estimate of drug-likeness (QED) is 0.795. The molecule has 6 heteroatoms. The topological polar surface area (TPSA) is 83.7 Å². The molecule has 0 saturated heterocycles. The van der Waals surface area contributed by atoms with Gasteiger partial charge in [0.1, 0.15) is 0 Å². The van der Waals surface area contributed by atoms with Crippen LogP contribution in [0.5, 0.6) is 0 Å². The van der Waals surface area contributed by atoms with E-state index in [2.05, 4.69) is 13.2 Å². The molecule has 0 atom stereocenters. The smallest absolute Gasteiger partial charge is 0.248 e. The third kappa shape index (κ3) is 17.7. The lowest BCUT2D eigenvalue weighted by Crippen LogP contribution is -2.21. The molecule has 0 aliphatic heterocycles. The van der Waals surface area contributed by atoms with Crippen LogP contribution in [0, 0.1) is 5.92 Å². The van der Waals surface area contributed by atoms with Crippen LogP contribution < -0.4 is 5.73 Å². The van der Waals surface area contributed by atoms with Crippen LogP contribution in [0.3, 0.4) is 0 Å². The maximum absolute atomic E-state index is 10.7. The van der Waals surface area contributed by atoms with Gasteiger partial charge in [-0.25, -0.2) is 0 Å². The highest BCUT2D eigenvalue weighted by Gasteiger charge is 2.01. The number of hydrogen-bond acceptors (Lipinski definition) is 3. The van der Waals surface area contributed by atoms with E-state index in [1.807, 2.05) is 19.9 Å². The van der Waals surface area contributed by atoms with Gasteiger partial charge in [0.05, 0.1) is 0 Å². The first kappa shape index (κ1) is 26.5. The van der Waals surface area contributed by atoms with Crippen LogP contribution in [0.2, 0.25) is 0 Å². The zero-order chi connectivity index (χ0) is 20.0. The van der Waals surface area contributed by atoms with Gasteiger partial charge >= 0.3 is 0 Å². The van der Waals surface area contributed by atoms with Crippen LogP contribution in [-0.2, 0) is 14.4 Å². The van der Waals surface area contributed by atoms with E-state index < -0.39 is 0 Å². The minimum atomic E-state index is -0.330. The molecule has 0 aromatic rings. The lowest BCUT2D eigenvalue weighted by molar-refractivity contribution is -0.125. The number of nitrogens with two attached hydrogens (primary N) is 1. The summed E-state index contributed by atoms with van der Waals surface area (Å²) in [5.74, 6) is 0.00574. The van der Waals surface area contributed by atoms with Crippen LogP contribution >= 0.6 is 0 Å². The zero-order valence-corrected chi connectivity index (χ0v) is 16.3. The fourth-order valence-corrected chi connectivity index (χ4v) is 1.15. The summed E-state index contributed by atoms with van der Waals surface area (Å²) in [6.07, 6.45) is 3.13. The van der Waals surface area contributed by atoms with Crippen molar-refractivity contribution < 1.29 is 14.4 Å².